The van der Waals surface area contributed by atoms with Crippen LogP contribution in [-0.4, -0.2) is 17.5 Å². The minimum Gasteiger partial charge on any atom is -0.343 e. The van der Waals surface area contributed by atoms with Gasteiger partial charge in [-0.25, -0.2) is 0 Å². The van der Waals surface area contributed by atoms with Gasteiger partial charge in [0.05, 0.1) is 6.07 Å². The Kier molecular flexibility index (Phi) is 40.1. The Morgan fingerprint density at radius 2 is 0.926 bits per heavy atom. The van der Waals surface area contributed by atoms with Crippen molar-refractivity contribution in [3.05, 3.63) is 6.92 Å². The molecule has 0 heterocycles. The smallest absolute Gasteiger partial charge is 0.343 e. The zero-order valence-electron chi connectivity index (χ0n) is 18.1. The maximum atomic E-state index is 8.74. The summed E-state index contributed by atoms with van der Waals surface area (Å²) in [6.07, 6.45) is 22.8. The minimum absolute atomic E-state index is 0. The first-order valence-electron chi connectivity index (χ1n) is 10.1. The predicted molar refractivity (Wildman–Crippen MR) is 110 cm³/mol. The van der Waals surface area contributed by atoms with E-state index in [1.54, 1.807) is 6.07 Å². The summed E-state index contributed by atoms with van der Waals surface area (Å²) in [6, 6.07) is 1.75. The summed E-state index contributed by atoms with van der Waals surface area (Å²) in [5.74, 6) is 0. The van der Waals surface area contributed by atoms with Crippen LogP contribution >= 0.6 is 0 Å². The monoisotopic (exact) mass is 415 g/mol. The van der Waals surface area contributed by atoms with Gasteiger partial charge in [0.2, 0.25) is 0 Å². The van der Waals surface area contributed by atoms with E-state index in [-0.39, 0.29) is 29.6 Å². The fourth-order valence-electron chi connectivity index (χ4n) is 2.55. The molecule has 0 fully saturated rings. The van der Waals surface area contributed by atoms with E-state index in [2.05, 4.69) is 13.8 Å². The van der Waals surface area contributed by atoms with Gasteiger partial charge in [-0.05, 0) is 0 Å². The molecule has 0 rings (SSSR count). The summed E-state index contributed by atoms with van der Waals surface area (Å²) in [5.41, 5.74) is 0. The molecule has 0 amide bonds. The van der Waals surface area contributed by atoms with Gasteiger partial charge in [0.1, 0.15) is 0 Å². The van der Waals surface area contributed by atoms with Crippen LogP contribution in [0.4, 0.5) is 0 Å². The molecular weight excluding hydrogens is 373 g/mol. The molecule has 0 aromatic rings. The minimum atomic E-state index is -4.67. The standard InChI is InChI=1S/C18H37.C2H3N.Na.H2O4S/c1-3-5-7-9-11-13-15-17-18-16-14-12-10-8-6-4-2;1-2-3;;1-5(2,3)4/h1,3-18H2,2H3;1H3;;(H2,1,2,3,4)/q-1;;+1;. The quantitative estimate of drug-likeness (QED) is 0.182. The van der Waals surface area contributed by atoms with Crippen LogP contribution in [0, 0.1) is 18.3 Å². The van der Waals surface area contributed by atoms with Crippen LogP contribution in [0.25, 0.3) is 0 Å². The fourth-order valence-corrected chi connectivity index (χ4v) is 2.55. The molecule has 27 heavy (non-hydrogen) atoms. The molecule has 7 heteroatoms. The van der Waals surface area contributed by atoms with Gasteiger partial charge in [-0.2, -0.15) is 20.1 Å². The first kappa shape index (κ1) is 34.8. The zero-order valence-corrected chi connectivity index (χ0v) is 20.9. The second-order valence-corrected chi connectivity index (χ2v) is 7.37. The van der Waals surface area contributed by atoms with E-state index in [1.165, 1.54) is 103 Å². The fraction of sp³-hybridized carbons (Fsp3) is 0.900. The van der Waals surface area contributed by atoms with Gasteiger partial charge in [0, 0.05) is 6.92 Å². The van der Waals surface area contributed by atoms with Crippen molar-refractivity contribution in [2.24, 2.45) is 0 Å². The van der Waals surface area contributed by atoms with Gasteiger partial charge in [0.25, 0.3) is 0 Å². The normalized spacial score (nSPS) is 9.78. The van der Waals surface area contributed by atoms with E-state index >= 15 is 0 Å². The third-order valence-corrected chi connectivity index (χ3v) is 3.85. The van der Waals surface area contributed by atoms with Crippen LogP contribution in [-0.2, 0) is 10.4 Å². The van der Waals surface area contributed by atoms with Gasteiger partial charge in [-0.3, -0.25) is 9.11 Å². The van der Waals surface area contributed by atoms with Gasteiger partial charge < -0.3 is 6.92 Å². The second-order valence-electron chi connectivity index (χ2n) is 6.47. The molecule has 0 radical (unpaired) electrons. The van der Waals surface area contributed by atoms with E-state index < -0.39 is 10.4 Å². The number of nitrogens with zero attached hydrogens (tertiary/aromatic N) is 1. The van der Waals surface area contributed by atoms with E-state index in [1.807, 2.05) is 0 Å². The average Bonchev–Trinajstić information content (AvgIpc) is 2.54. The average molecular weight is 416 g/mol. The molecular formula is C20H42NNaO4S. The van der Waals surface area contributed by atoms with Crippen LogP contribution in [0.1, 0.15) is 117 Å². The molecule has 0 aliphatic heterocycles. The molecule has 0 saturated carbocycles. The summed E-state index contributed by atoms with van der Waals surface area (Å²) in [6.45, 7) is 7.61. The number of hydrogen-bond donors (Lipinski definition) is 2. The van der Waals surface area contributed by atoms with Gasteiger partial charge >= 0.3 is 40.0 Å². The van der Waals surface area contributed by atoms with Crippen LogP contribution in [0.5, 0.6) is 0 Å². The van der Waals surface area contributed by atoms with Crippen molar-refractivity contribution in [3.63, 3.8) is 0 Å². The Bertz CT molecular complexity index is 360. The predicted octanol–water partition coefficient (Wildman–Crippen LogP) is 3.96. The summed E-state index contributed by atoms with van der Waals surface area (Å²) in [7, 11) is -4.67. The topological polar surface area (TPSA) is 98.4 Å². The SMILES string of the molecule is CC#N.O=S(=O)(O)O.[CH2-]CCCCCCCCCCCCCCCCC.[Na+]. The molecule has 0 aliphatic rings. The van der Waals surface area contributed by atoms with Crippen molar-refractivity contribution in [1.29, 1.82) is 5.26 Å². The van der Waals surface area contributed by atoms with Crippen LogP contribution < -0.4 is 29.6 Å². The Labute approximate surface area is 191 Å². The van der Waals surface area contributed by atoms with Gasteiger partial charge in [0.15, 0.2) is 0 Å². The van der Waals surface area contributed by atoms with Gasteiger partial charge in [-0.15, -0.1) is 0 Å². The molecule has 0 aliphatic carbocycles. The molecule has 2 N–H and O–H groups in total. The molecule has 0 saturated heterocycles. The number of unbranched alkanes of at least 4 members (excludes halogenated alkanes) is 15. The van der Waals surface area contributed by atoms with Crippen LogP contribution in [0.2, 0.25) is 0 Å². The number of hydrogen-bond acceptors (Lipinski definition) is 3. The maximum absolute atomic E-state index is 8.74. The Hall–Kier alpha value is 0.360. The molecule has 0 aromatic heterocycles. The van der Waals surface area contributed by atoms with E-state index in [0.29, 0.717) is 0 Å². The first-order chi connectivity index (χ1) is 12.3. The molecule has 0 aromatic carbocycles. The van der Waals surface area contributed by atoms with Crippen molar-refractivity contribution < 1.29 is 47.1 Å². The molecule has 5 nitrogen and oxygen atoms in total. The van der Waals surface area contributed by atoms with Crippen molar-refractivity contribution in [3.8, 4) is 6.07 Å². The third-order valence-electron chi connectivity index (χ3n) is 3.85. The van der Waals surface area contributed by atoms with Crippen LogP contribution in [0.3, 0.4) is 0 Å². The van der Waals surface area contributed by atoms with E-state index in [0.717, 1.165) is 6.42 Å². The van der Waals surface area contributed by atoms with E-state index in [4.69, 9.17) is 22.8 Å². The summed E-state index contributed by atoms with van der Waals surface area (Å²) < 4.78 is 31.6. The largest absolute Gasteiger partial charge is 1.00 e. The third kappa shape index (κ3) is 66.3. The summed E-state index contributed by atoms with van der Waals surface area (Å²) >= 11 is 0. The summed E-state index contributed by atoms with van der Waals surface area (Å²) in [4.78, 5) is 0. The van der Waals surface area contributed by atoms with Crippen molar-refractivity contribution >= 4 is 10.4 Å². The molecule has 0 spiro atoms. The molecule has 0 bridgehead atoms. The molecule has 158 valence electrons. The Morgan fingerprint density at radius 3 is 1.11 bits per heavy atom. The zero-order chi connectivity index (χ0) is 20.5. The van der Waals surface area contributed by atoms with Crippen molar-refractivity contribution in [1.82, 2.24) is 0 Å². The second kappa shape index (κ2) is 31.1. The summed E-state index contributed by atoms with van der Waals surface area (Å²) in [5, 5.41) is 7.32. The van der Waals surface area contributed by atoms with Crippen molar-refractivity contribution in [2.75, 3.05) is 0 Å². The van der Waals surface area contributed by atoms with Crippen molar-refractivity contribution in [2.45, 2.75) is 117 Å². The molecule has 0 atom stereocenters. The maximum Gasteiger partial charge on any atom is 1.00 e. The van der Waals surface area contributed by atoms with E-state index in [9.17, 15) is 0 Å². The molecule has 0 unspecified atom stereocenters. The first-order valence-corrected chi connectivity index (χ1v) is 11.5. The number of nitriles is 1. The van der Waals surface area contributed by atoms with Crippen LogP contribution in [0.15, 0.2) is 0 Å². The number of rotatable bonds is 15. The Balaban J connectivity index is -0.000000248. The van der Waals surface area contributed by atoms with Gasteiger partial charge in [-0.1, -0.05) is 103 Å². The Morgan fingerprint density at radius 1 is 0.741 bits per heavy atom.